The SMILES string of the molecule is CC(Cc1cc(Cl)c(C2=NC(c3cn4cc(C(F)(F)F)cc(Cl)c4n3)ON2)cc1Cl)C(=O)O. The molecule has 0 saturated carbocycles. The van der Waals surface area contributed by atoms with Gasteiger partial charge in [0.05, 0.1) is 21.5 Å². The van der Waals surface area contributed by atoms with E-state index >= 15 is 0 Å². The van der Waals surface area contributed by atoms with E-state index in [1.807, 2.05) is 0 Å². The summed E-state index contributed by atoms with van der Waals surface area (Å²) in [6, 6.07) is 3.88. The fourth-order valence-corrected chi connectivity index (χ4v) is 4.00. The van der Waals surface area contributed by atoms with E-state index in [0.29, 0.717) is 16.1 Å². The number of nitrogens with zero attached hydrogens (tertiary/aromatic N) is 3. The summed E-state index contributed by atoms with van der Waals surface area (Å²) >= 11 is 18.6. The van der Waals surface area contributed by atoms with Crippen LogP contribution in [0.3, 0.4) is 0 Å². The van der Waals surface area contributed by atoms with Gasteiger partial charge in [0.1, 0.15) is 5.69 Å². The Bertz CT molecular complexity index is 1290. The molecule has 13 heteroatoms. The number of rotatable bonds is 5. The van der Waals surface area contributed by atoms with Crippen molar-refractivity contribution in [1.82, 2.24) is 14.9 Å². The molecule has 3 heterocycles. The number of imidazole rings is 1. The summed E-state index contributed by atoms with van der Waals surface area (Å²) in [6.45, 7) is 1.56. The average Bonchev–Trinajstić information content (AvgIpc) is 3.37. The van der Waals surface area contributed by atoms with Crippen molar-refractivity contribution in [3.8, 4) is 0 Å². The Balaban J connectivity index is 1.63. The van der Waals surface area contributed by atoms with Gasteiger partial charge in [-0.2, -0.15) is 13.2 Å². The first kappa shape index (κ1) is 23.6. The number of alkyl halides is 3. The zero-order valence-electron chi connectivity index (χ0n) is 16.6. The highest BCUT2D eigenvalue weighted by molar-refractivity contribution is 6.36. The number of carbonyl (C=O) groups is 1. The van der Waals surface area contributed by atoms with Crippen LogP contribution in [0.15, 0.2) is 35.6 Å². The maximum Gasteiger partial charge on any atom is 0.417 e. The Morgan fingerprint density at radius 3 is 2.61 bits per heavy atom. The van der Waals surface area contributed by atoms with Gasteiger partial charge in [0.15, 0.2) is 11.5 Å². The van der Waals surface area contributed by atoms with Crippen LogP contribution in [0.1, 0.15) is 35.5 Å². The minimum Gasteiger partial charge on any atom is -0.481 e. The zero-order chi connectivity index (χ0) is 24.1. The van der Waals surface area contributed by atoms with Crippen molar-refractivity contribution < 1.29 is 27.9 Å². The highest BCUT2D eigenvalue weighted by Crippen LogP contribution is 2.34. The molecule has 0 fully saturated rings. The highest BCUT2D eigenvalue weighted by atomic mass is 35.5. The van der Waals surface area contributed by atoms with Crippen molar-refractivity contribution in [1.29, 1.82) is 0 Å². The lowest BCUT2D eigenvalue weighted by molar-refractivity contribution is -0.141. The molecule has 174 valence electrons. The predicted molar refractivity (Wildman–Crippen MR) is 116 cm³/mol. The summed E-state index contributed by atoms with van der Waals surface area (Å²) in [5, 5.41) is 9.49. The number of aliphatic imine (C=N–C) groups is 1. The number of halogens is 6. The number of hydrogen-bond donors (Lipinski definition) is 2. The minimum absolute atomic E-state index is 0.116. The fourth-order valence-electron chi connectivity index (χ4n) is 3.23. The quantitative estimate of drug-likeness (QED) is 0.459. The zero-order valence-corrected chi connectivity index (χ0v) is 18.9. The molecule has 1 aliphatic heterocycles. The second-order valence-electron chi connectivity index (χ2n) is 7.39. The smallest absolute Gasteiger partial charge is 0.417 e. The standard InChI is InChI=1S/C20H14Cl3F3N4O3/c1-8(19(31)32)2-9-3-13(22)11(5-12(9)21)16-28-18(33-29-16)15-7-30-6-10(20(24,25)26)4-14(23)17(30)27-15/h3-8,18H,2H2,1H3,(H,28,29)(H,31,32). The van der Waals surface area contributed by atoms with Crippen LogP contribution in [0.5, 0.6) is 0 Å². The van der Waals surface area contributed by atoms with Gasteiger partial charge in [0, 0.05) is 23.0 Å². The maximum absolute atomic E-state index is 13.0. The Morgan fingerprint density at radius 1 is 1.21 bits per heavy atom. The first-order valence-corrected chi connectivity index (χ1v) is 10.5. The number of carboxylic acids is 1. The third-order valence-electron chi connectivity index (χ3n) is 4.96. The van der Waals surface area contributed by atoms with Crippen molar-refractivity contribution in [2.24, 2.45) is 10.9 Å². The predicted octanol–water partition coefficient (Wildman–Crippen LogP) is 5.56. The molecule has 3 aromatic rings. The number of amidine groups is 1. The Kier molecular flexibility index (Phi) is 6.21. The summed E-state index contributed by atoms with van der Waals surface area (Å²) in [7, 11) is 0. The van der Waals surface area contributed by atoms with E-state index in [9.17, 15) is 18.0 Å². The van der Waals surface area contributed by atoms with Gasteiger partial charge in [0.25, 0.3) is 0 Å². The van der Waals surface area contributed by atoms with Crippen LogP contribution in [-0.2, 0) is 22.2 Å². The van der Waals surface area contributed by atoms with E-state index in [0.717, 1.165) is 16.7 Å². The Hall–Kier alpha value is -2.53. The third kappa shape index (κ3) is 4.74. The molecule has 0 amide bonds. The molecule has 2 atom stereocenters. The first-order chi connectivity index (χ1) is 15.4. The van der Waals surface area contributed by atoms with E-state index in [2.05, 4.69) is 15.5 Å². The van der Waals surface area contributed by atoms with Crippen LogP contribution in [0.2, 0.25) is 15.1 Å². The molecule has 0 aliphatic carbocycles. The van der Waals surface area contributed by atoms with E-state index in [1.165, 1.54) is 12.3 Å². The van der Waals surface area contributed by atoms with Gasteiger partial charge in [0.2, 0.25) is 6.23 Å². The van der Waals surface area contributed by atoms with Gasteiger partial charge in [-0.15, -0.1) is 0 Å². The number of hydroxylamine groups is 1. The van der Waals surface area contributed by atoms with Crippen LogP contribution in [0, 0.1) is 5.92 Å². The summed E-state index contributed by atoms with van der Waals surface area (Å²) in [5.74, 6) is -1.39. The highest BCUT2D eigenvalue weighted by Gasteiger charge is 2.32. The van der Waals surface area contributed by atoms with Gasteiger partial charge < -0.3 is 9.51 Å². The van der Waals surface area contributed by atoms with Gasteiger partial charge >= 0.3 is 12.1 Å². The summed E-state index contributed by atoms with van der Waals surface area (Å²) in [6.07, 6.45) is -3.15. The van der Waals surface area contributed by atoms with Crippen LogP contribution in [0.25, 0.3) is 5.65 Å². The average molecular weight is 522 g/mol. The van der Waals surface area contributed by atoms with Gasteiger partial charge in [-0.05, 0) is 30.2 Å². The van der Waals surface area contributed by atoms with Crippen molar-refractivity contribution in [2.75, 3.05) is 0 Å². The lowest BCUT2D eigenvalue weighted by Gasteiger charge is -2.11. The van der Waals surface area contributed by atoms with E-state index in [-0.39, 0.29) is 33.6 Å². The number of benzene rings is 1. The van der Waals surface area contributed by atoms with Crippen molar-refractivity contribution in [3.05, 3.63) is 68.0 Å². The van der Waals surface area contributed by atoms with E-state index in [1.54, 1.807) is 13.0 Å². The summed E-state index contributed by atoms with van der Waals surface area (Å²) in [5.41, 5.74) is 2.99. The molecule has 4 rings (SSSR count). The molecule has 0 spiro atoms. The number of carboxylic acid groups (broad SMARTS) is 1. The molecule has 0 bridgehead atoms. The summed E-state index contributed by atoms with van der Waals surface area (Å²) in [4.78, 5) is 25.1. The molecule has 1 aromatic carbocycles. The molecule has 33 heavy (non-hydrogen) atoms. The Morgan fingerprint density at radius 2 is 1.94 bits per heavy atom. The molecule has 0 radical (unpaired) electrons. The molecule has 7 nitrogen and oxygen atoms in total. The lowest BCUT2D eigenvalue weighted by Crippen LogP contribution is -2.19. The van der Waals surface area contributed by atoms with Gasteiger partial charge in [-0.25, -0.2) is 20.3 Å². The number of pyridine rings is 1. The van der Waals surface area contributed by atoms with Crippen LogP contribution >= 0.6 is 34.8 Å². The van der Waals surface area contributed by atoms with Crippen molar-refractivity contribution in [2.45, 2.75) is 25.7 Å². The molecule has 1 aliphatic rings. The normalized spacial score (nSPS) is 17.2. The number of nitrogens with one attached hydrogen (secondary N) is 1. The fraction of sp³-hybridized carbons (Fsp3) is 0.250. The molecule has 2 N–H and O–H groups in total. The molecular weight excluding hydrogens is 508 g/mol. The topological polar surface area (TPSA) is 88.2 Å². The third-order valence-corrected chi connectivity index (χ3v) is 5.90. The molecule has 2 unspecified atom stereocenters. The molecule has 0 saturated heterocycles. The van der Waals surface area contributed by atoms with E-state index < -0.39 is 29.9 Å². The molecule has 2 aromatic heterocycles. The second kappa shape index (κ2) is 8.68. The number of fused-ring (bicyclic) bond motifs is 1. The van der Waals surface area contributed by atoms with Crippen molar-refractivity contribution in [3.63, 3.8) is 0 Å². The van der Waals surface area contributed by atoms with Crippen LogP contribution in [-0.4, -0.2) is 26.3 Å². The largest absolute Gasteiger partial charge is 0.481 e. The monoisotopic (exact) mass is 520 g/mol. The first-order valence-electron chi connectivity index (χ1n) is 9.40. The Labute approximate surface area is 199 Å². The number of aliphatic carboxylic acids is 1. The lowest BCUT2D eigenvalue weighted by atomic mass is 10.00. The van der Waals surface area contributed by atoms with Crippen LogP contribution < -0.4 is 5.48 Å². The number of hydrogen-bond acceptors (Lipinski definition) is 5. The van der Waals surface area contributed by atoms with Crippen molar-refractivity contribution >= 4 is 52.3 Å². The van der Waals surface area contributed by atoms with E-state index in [4.69, 9.17) is 44.7 Å². The molecular formula is C20H14Cl3F3N4O3. The minimum atomic E-state index is -4.57. The van der Waals surface area contributed by atoms with Gasteiger partial charge in [-0.1, -0.05) is 41.7 Å². The second-order valence-corrected chi connectivity index (χ2v) is 8.61. The number of aromatic nitrogens is 2. The maximum atomic E-state index is 13.0. The van der Waals surface area contributed by atoms with Gasteiger partial charge in [-0.3, -0.25) is 4.79 Å². The summed E-state index contributed by atoms with van der Waals surface area (Å²) < 4.78 is 40.3. The van der Waals surface area contributed by atoms with Crippen LogP contribution in [0.4, 0.5) is 13.2 Å².